The van der Waals surface area contributed by atoms with Gasteiger partial charge in [-0.1, -0.05) is 35.9 Å². The average molecular weight is 474 g/mol. The number of anilines is 1. The summed E-state index contributed by atoms with van der Waals surface area (Å²) in [6, 6.07) is 12.2. The molecule has 0 fully saturated rings. The van der Waals surface area contributed by atoms with Crippen LogP contribution in [0.4, 0.5) is 9.52 Å². The third-order valence-electron chi connectivity index (χ3n) is 4.56. The van der Waals surface area contributed by atoms with Crippen LogP contribution in [-0.2, 0) is 11.2 Å². The second-order valence-electron chi connectivity index (χ2n) is 6.81. The van der Waals surface area contributed by atoms with E-state index in [4.69, 9.17) is 11.6 Å². The maximum absolute atomic E-state index is 13.4. The predicted molar refractivity (Wildman–Crippen MR) is 125 cm³/mol. The summed E-state index contributed by atoms with van der Waals surface area (Å²) < 4.78 is 14.1. The zero-order chi connectivity index (χ0) is 22.0. The molecule has 0 aliphatic carbocycles. The van der Waals surface area contributed by atoms with Crippen LogP contribution in [0.25, 0.3) is 21.3 Å². The van der Waals surface area contributed by atoms with Gasteiger partial charge in [-0.2, -0.15) is 0 Å². The van der Waals surface area contributed by atoms with Crippen molar-refractivity contribution in [3.63, 3.8) is 0 Å². The highest BCUT2D eigenvalue weighted by atomic mass is 35.5. The van der Waals surface area contributed by atoms with Crippen molar-refractivity contribution in [3.8, 4) is 11.3 Å². The molecule has 0 atom stereocenters. The fraction of sp³-hybridized carbons (Fsp3) is 0.136. The van der Waals surface area contributed by atoms with Crippen LogP contribution in [0, 0.1) is 5.82 Å². The largest absolute Gasteiger partial charge is 0.356 e. The van der Waals surface area contributed by atoms with Crippen molar-refractivity contribution in [2.24, 2.45) is 0 Å². The minimum atomic E-state index is -0.374. The summed E-state index contributed by atoms with van der Waals surface area (Å²) in [5.41, 5.74) is 2.78. The van der Waals surface area contributed by atoms with E-state index >= 15 is 0 Å². The maximum atomic E-state index is 13.4. The average Bonchev–Trinajstić information content (AvgIpc) is 3.32. The van der Waals surface area contributed by atoms with E-state index in [0.717, 1.165) is 34.6 Å². The number of thiophene rings is 1. The zero-order valence-corrected chi connectivity index (χ0v) is 18.8. The summed E-state index contributed by atoms with van der Waals surface area (Å²) in [5, 5.41) is 8.83. The molecule has 31 heavy (non-hydrogen) atoms. The van der Waals surface area contributed by atoms with Gasteiger partial charge < -0.3 is 5.32 Å². The Morgan fingerprint density at radius 2 is 1.94 bits per heavy atom. The van der Waals surface area contributed by atoms with Crippen molar-refractivity contribution in [2.75, 3.05) is 11.9 Å². The van der Waals surface area contributed by atoms with Crippen LogP contribution in [0.3, 0.4) is 0 Å². The van der Waals surface area contributed by atoms with Gasteiger partial charge in [0, 0.05) is 34.5 Å². The van der Waals surface area contributed by atoms with E-state index in [2.05, 4.69) is 15.6 Å². The third kappa shape index (κ3) is 4.92. The van der Waals surface area contributed by atoms with Gasteiger partial charge in [0.2, 0.25) is 5.91 Å². The summed E-state index contributed by atoms with van der Waals surface area (Å²) in [5.74, 6) is -0.790. The molecule has 0 bridgehead atoms. The molecule has 4 aromatic rings. The predicted octanol–water partition coefficient (Wildman–Crippen LogP) is 5.75. The minimum Gasteiger partial charge on any atom is -0.356 e. The molecule has 0 aliphatic rings. The first-order chi connectivity index (χ1) is 14.9. The summed E-state index contributed by atoms with van der Waals surface area (Å²) in [7, 11) is 0. The number of nitrogens with one attached hydrogen (secondary N) is 2. The fourth-order valence-electron chi connectivity index (χ4n) is 3.03. The van der Waals surface area contributed by atoms with E-state index in [0.29, 0.717) is 31.7 Å². The molecule has 2 aromatic carbocycles. The van der Waals surface area contributed by atoms with Crippen molar-refractivity contribution < 1.29 is 14.0 Å². The number of amides is 2. The molecule has 158 valence electrons. The molecule has 0 saturated heterocycles. The molecule has 0 unspecified atom stereocenters. The number of carbonyl (C=O) groups excluding carboxylic acids is 2. The number of hydrogen-bond acceptors (Lipinski definition) is 5. The van der Waals surface area contributed by atoms with E-state index < -0.39 is 0 Å². The second-order valence-corrected chi connectivity index (χ2v) is 9.10. The third-order valence-corrected chi connectivity index (χ3v) is 6.97. The van der Waals surface area contributed by atoms with Crippen LogP contribution in [-0.4, -0.2) is 23.3 Å². The highest BCUT2D eigenvalue weighted by Gasteiger charge is 2.19. The number of halogens is 2. The Labute approximate surface area is 190 Å². The van der Waals surface area contributed by atoms with Gasteiger partial charge in [0.15, 0.2) is 5.13 Å². The van der Waals surface area contributed by atoms with Crippen LogP contribution >= 0.6 is 34.3 Å². The topological polar surface area (TPSA) is 71.1 Å². The smallest absolute Gasteiger partial charge is 0.269 e. The Morgan fingerprint density at radius 3 is 2.68 bits per heavy atom. The Kier molecular flexibility index (Phi) is 6.31. The molecule has 2 amide bonds. The van der Waals surface area contributed by atoms with Crippen LogP contribution in [0.5, 0.6) is 0 Å². The van der Waals surface area contributed by atoms with Crippen LogP contribution in [0.1, 0.15) is 22.2 Å². The van der Waals surface area contributed by atoms with Gasteiger partial charge in [0.25, 0.3) is 5.91 Å². The lowest BCUT2D eigenvalue weighted by Crippen LogP contribution is -2.22. The summed E-state index contributed by atoms with van der Waals surface area (Å²) in [6.45, 7) is 2.09. The van der Waals surface area contributed by atoms with Crippen LogP contribution < -0.4 is 10.6 Å². The van der Waals surface area contributed by atoms with Crippen molar-refractivity contribution in [3.05, 3.63) is 69.1 Å². The van der Waals surface area contributed by atoms with E-state index in [1.165, 1.54) is 30.4 Å². The Balaban J connectivity index is 1.45. The normalized spacial score (nSPS) is 10.9. The lowest BCUT2D eigenvalue weighted by atomic mass is 10.1. The van der Waals surface area contributed by atoms with Crippen LogP contribution in [0.15, 0.2) is 47.8 Å². The first kappa shape index (κ1) is 21.4. The number of rotatable bonds is 6. The van der Waals surface area contributed by atoms with E-state index in [1.807, 2.05) is 29.6 Å². The lowest BCUT2D eigenvalue weighted by molar-refractivity contribution is -0.118. The van der Waals surface area contributed by atoms with Gasteiger partial charge in [0.05, 0.1) is 10.7 Å². The summed E-state index contributed by atoms with van der Waals surface area (Å²) in [6.07, 6.45) is 0.748. The Bertz CT molecular complexity index is 1270. The summed E-state index contributed by atoms with van der Waals surface area (Å²) in [4.78, 5) is 28.4. The molecule has 2 aromatic heterocycles. The Morgan fingerprint density at radius 1 is 1.16 bits per heavy atom. The van der Waals surface area contributed by atoms with Gasteiger partial charge in [-0.15, -0.1) is 22.7 Å². The van der Waals surface area contributed by atoms with Crippen molar-refractivity contribution in [2.45, 2.75) is 13.3 Å². The fourth-order valence-corrected chi connectivity index (χ4v) is 5.18. The molecule has 4 rings (SSSR count). The molecule has 0 aliphatic heterocycles. The molecule has 2 heterocycles. The highest BCUT2D eigenvalue weighted by Crippen LogP contribution is 2.36. The summed E-state index contributed by atoms with van der Waals surface area (Å²) >= 11 is 8.79. The van der Waals surface area contributed by atoms with Gasteiger partial charge >= 0.3 is 0 Å². The van der Waals surface area contributed by atoms with Crippen molar-refractivity contribution in [1.82, 2.24) is 10.3 Å². The minimum absolute atomic E-state index is 0.0437. The number of benzene rings is 2. The number of carbonyl (C=O) groups is 2. The molecule has 0 saturated carbocycles. The van der Waals surface area contributed by atoms with E-state index in [-0.39, 0.29) is 17.6 Å². The zero-order valence-electron chi connectivity index (χ0n) is 16.4. The first-order valence-corrected chi connectivity index (χ1v) is 11.5. The van der Waals surface area contributed by atoms with E-state index in [1.54, 1.807) is 6.07 Å². The quantitative estimate of drug-likeness (QED) is 0.374. The van der Waals surface area contributed by atoms with Gasteiger partial charge in [-0.25, -0.2) is 9.37 Å². The number of nitrogens with zero attached hydrogens (tertiary/aromatic N) is 1. The molecule has 9 heteroatoms. The van der Waals surface area contributed by atoms with Crippen LogP contribution in [0.2, 0.25) is 5.02 Å². The second kappa shape index (κ2) is 9.13. The molecule has 5 nitrogen and oxygen atoms in total. The van der Waals surface area contributed by atoms with Gasteiger partial charge in [0.1, 0.15) is 10.7 Å². The van der Waals surface area contributed by atoms with Gasteiger partial charge in [-0.05, 0) is 30.2 Å². The molecule has 0 radical (unpaired) electrons. The standard InChI is InChI=1S/C22H17ClFN3O2S2/c1-12(28)25-9-8-13-2-4-14(5-3-13)17-11-30-22(26-17)27-21(29)20-19(23)16-7-6-15(24)10-18(16)31-20/h2-7,10-11H,8-9H2,1H3,(H,25,28)(H,26,27,29). The monoisotopic (exact) mass is 473 g/mol. The number of hydrogen-bond donors (Lipinski definition) is 2. The van der Waals surface area contributed by atoms with Crippen molar-refractivity contribution >= 4 is 61.3 Å². The van der Waals surface area contributed by atoms with Crippen molar-refractivity contribution in [1.29, 1.82) is 0 Å². The first-order valence-electron chi connectivity index (χ1n) is 9.39. The molecule has 0 spiro atoms. The molecular weight excluding hydrogens is 457 g/mol. The number of thiazole rings is 1. The maximum Gasteiger partial charge on any atom is 0.269 e. The lowest BCUT2D eigenvalue weighted by Gasteiger charge is -2.04. The Hall–Kier alpha value is -2.81. The number of fused-ring (bicyclic) bond motifs is 1. The molecule has 2 N–H and O–H groups in total. The number of aromatic nitrogens is 1. The highest BCUT2D eigenvalue weighted by molar-refractivity contribution is 7.22. The SMILES string of the molecule is CC(=O)NCCc1ccc(-c2csc(NC(=O)c3sc4cc(F)ccc4c3Cl)n2)cc1. The van der Waals surface area contributed by atoms with E-state index in [9.17, 15) is 14.0 Å². The van der Waals surface area contributed by atoms with Gasteiger partial charge in [-0.3, -0.25) is 14.9 Å². The molecular formula is C22H17ClFN3O2S2.